The van der Waals surface area contributed by atoms with E-state index in [-0.39, 0.29) is 24.5 Å². The number of fused-ring (bicyclic) bond motifs is 1. The van der Waals surface area contributed by atoms with Gasteiger partial charge in [-0.1, -0.05) is 24.3 Å². The molecule has 6 heteroatoms. The average molecular weight is 365 g/mol. The Morgan fingerprint density at radius 1 is 1.11 bits per heavy atom. The third-order valence-corrected chi connectivity index (χ3v) is 5.04. The highest BCUT2D eigenvalue weighted by atomic mass is 16.5. The van der Waals surface area contributed by atoms with Crippen LogP contribution in [0.2, 0.25) is 0 Å². The number of anilines is 1. The predicted octanol–water partition coefficient (Wildman–Crippen LogP) is 2.09. The van der Waals surface area contributed by atoms with Crippen LogP contribution in [-0.4, -0.2) is 37.6 Å². The van der Waals surface area contributed by atoms with Gasteiger partial charge < -0.3 is 20.3 Å². The highest BCUT2D eigenvalue weighted by Gasteiger charge is 2.25. The third-order valence-electron chi connectivity index (χ3n) is 5.04. The Morgan fingerprint density at radius 3 is 2.63 bits per heavy atom. The largest absolute Gasteiger partial charge is 0.482 e. The maximum atomic E-state index is 12.4. The van der Waals surface area contributed by atoms with Crippen molar-refractivity contribution < 1.29 is 14.3 Å². The molecule has 0 aliphatic carbocycles. The molecule has 2 amide bonds. The molecule has 2 aliphatic rings. The Labute approximate surface area is 158 Å². The predicted molar refractivity (Wildman–Crippen MR) is 103 cm³/mol. The van der Waals surface area contributed by atoms with Crippen LogP contribution in [0.25, 0.3) is 0 Å². The van der Waals surface area contributed by atoms with Gasteiger partial charge in [0, 0.05) is 11.6 Å². The zero-order valence-electron chi connectivity index (χ0n) is 15.1. The summed E-state index contributed by atoms with van der Waals surface area (Å²) in [5, 5.41) is 6.39. The van der Waals surface area contributed by atoms with Crippen molar-refractivity contribution in [1.82, 2.24) is 10.6 Å². The number of carbonyl (C=O) groups is 2. The van der Waals surface area contributed by atoms with Crippen LogP contribution in [0.4, 0.5) is 5.69 Å². The highest BCUT2D eigenvalue weighted by Crippen LogP contribution is 2.32. The van der Waals surface area contributed by atoms with Gasteiger partial charge in [0.1, 0.15) is 5.75 Å². The maximum absolute atomic E-state index is 12.4. The van der Waals surface area contributed by atoms with Crippen molar-refractivity contribution in [2.24, 2.45) is 0 Å². The van der Waals surface area contributed by atoms with Crippen LogP contribution < -0.4 is 20.3 Å². The molecule has 1 saturated heterocycles. The van der Waals surface area contributed by atoms with Crippen LogP contribution >= 0.6 is 0 Å². The van der Waals surface area contributed by atoms with Gasteiger partial charge in [-0.3, -0.25) is 9.59 Å². The number of para-hydroxylation sites is 2. The summed E-state index contributed by atoms with van der Waals surface area (Å²) in [4.78, 5) is 26.4. The molecule has 1 fully saturated rings. The Kier molecular flexibility index (Phi) is 5.07. The lowest BCUT2D eigenvalue weighted by Crippen LogP contribution is -2.42. The number of benzene rings is 2. The fourth-order valence-corrected chi connectivity index (χ4v) is 3.51. The molecule has 2 aromatic carbocycles. The van der Waals surface area contributed by atoms with E-state index in [2.05, 4.69) is 10.6 Å². The fourth-order valence-electron chi connectivity index (χ4n) is 3.51. The second-order valence-electron chi connectivity index (χ2n) is 6.93. The Bertz CT molecular complexity index is 829. The van der Waals surface area contributed by atoms with Gasteiger partial charge in [-0.05, 0) is 55.8 Å². The van der Waals surface area contributed by atoms with Crippen molar-refractivity contribution in [2.45, 2.75) is 25.4 Å². The summed E-state index contributed by atoms with van der Waals surface area (Å²) < 4.78 is 5.48. The van der Waals surface area contributed by atoms with Crippen LogP contribution in [0.1, 0.15) is 28.8 Å². The van der Waals surface area contributed by atoms with Crippen molar-refractivity contribution in [2.75, 3.05) is 24.6 Å². The molecule has 0 atom stereocenters. The van der Waals surface area contributed by atoms with Gasteiger partial charge >= 0.3 is 0 Å². The molecule has 0 bridgehead atoms. The van der Waals surface area contributed by atoms with Crippen molar-refractivity contribution in [3.8, 4) is 5.75 Å². The average Bonchev–Trinajstić information content (AvgIpc) is 2.71. The van der Waals surface area contributed by atoms with E-state index in [4.69, 9.17) is 4.74 Å². The van der Waals surface area contributed by atoms with Gasteiger partial charge in [0.25, 0.3) is 11.8 Å². The second kappa shape index (κ2) is 7.80. The van der Waals surface area contributed by atoms with Crippen LogP contribution in [-0.2, 0) is 11.3 Å². The molecule has 6 nitrogen and oxygen atoms in total. The zero-order chi connectivity index (χ0) is 18.6. The standard InChI is InChI=1S/C21H23N3O3/c25-20-14-27-19-4-2-1-3-18(19)24(20)13-15-5-7-16(8-6-15)21(26)23-17-9-11-22-12-10-17/h1-8,17,22H,9-14H2,(H,23,26). The topological polar surface area (TPSA) is 70.7 Å². The van der Waals surface area contributed by atoms with Gasteiger partial charge in [-0.25, -0.2) is 0 Å². The summed E-state index contributed by atoms with van der Waals surface area (Å²) in [5.41, 5.74) is 2.39. The summed E-state index contributed by atoms with van der Waals surface area (Å²) in [6, 6.07) is 15.2. The Balaban J connectivity index is 1.43. The van der Waals surface area contributed by atoms with Gasteiger partial charge in [0.15, 0.2) is 6.61 Å². The molecule has 0 radical (unpaired) electrons. The van der Waals surface area contributed by atoms with E-state index in [1.807, 2.05) is 48.5 Å². The monoisotopic (exact) mass is 365 g/mol. The SMILES string of the molecule is O=C(NC1CCNCC1)c1ccc(CN2C(=O)COc3ccccc32)cc1. The minimum absolute atomic E-state index is 0.0405. The smallest absolute Gasteiger partial charge is 0.265 e. The van der Waals surface area contributed by atoms with E-state index in [9.17, 15) is 9.59 Å². The van der Waals surface area contributed by atoms with Crippen LogP contribution in [0.15, 0.2) is 48.5 Å². The molecule has 27 heavy (non-hydrogen) atoms. The molecule has 2 aliphatic heterocycles. The first-order valence-corrected chi connectivity index (χ1v) is 9.33. The van der Waals surface area contributed by atoms with E-state index in [1.165, 1.54) is 0 Å². The minimum atomic E-state index is -0.0681. The maximum Gasteiger partial charge on any atom is 0.265 e. The molecule has 0 unspecified atom stereocenters. The van der Waals surface area contributed by atoms with Crippen molar-refractivity contribution >= 4 is 17.5 Å². The Hall–Kier alpha value is -2.86. The summed E-state index contributed by atoms with van der Waals surface area (Å²) >= 11 is 0. The normalized spacial score (nSPS) is 17.2. The number of nitrogens with one attached hydrogen (secondary N) is 2. The van der Waals surface area contributed by atoms with E-state index >= 15 is 0 Å². The lowest BCUT2D eigenvalue weighted by Gasteiger charge is -2.29. The number of piperidine rings is 1. The molecule has 2 N–H and O–H groups in total. The molecule has 0 saturated carbocycles. The van der Waals surface area contributed by atoms with Gasteiger partial charge in [-0.15, -0.1) is 0 Å². The number of hydrogen-bond donors (Lipinski definition) is 2. The van der Waals surface area contributed by atoms with E-state index in [1.54, 1.807) is 4.90 Å². The third kappa shape index (κ3) is 3.95. The molecule has 0 aromatic heterocycles. The first-order chi connectivity index (χ1) is 13.2. The first kappa shape index (κ1) is 17.5. The lowest BCUT2D eigenvalue weighted by molar-refractivity contribution is -0.121. The molecule has 2 heterocycles. The van der Waals surface area contributed by atoms with Crippen LogP contribution in [0.5, 0.6) is 5.75 Å². The van der Waals surface area contributed by atoms with Gasteiger partial charge in [0.2, 0.25) is 0 Å². The summed E-state index contributed by atoms with van der Waals surface area (Å²) in [7, 11) is 0. The fraction of sp³-hybridized carbons (Fsp3) is 0.333. The number of rotatable bonds is 4. The number of ether oxygens (including phenoxy) is 1. The van der Waals surface area contributed by atoms with Gasteiger partial charge in [-0.2, -0.15) is 0 Å². The quantitative estimate of drug-likeness (QED) is 0.871. The number of hydrogen-bond acceptors (Lipinski definition) is 4. The summed E-state index contributed by atoms with van der Waals surface area (Å²) in [6.07, 6.45) is 1.92. The van der Waals surface area contributed by atoms with Crippen LogP contribution in [0, 0.1) is 0 Å². The van der Waals surface area contributed by atoms with Crippen molar-refractivity contribution in [3.63, 3.8) is 0 Å². The lowest BCUT2D eigenvalue weighted by atomic mass is 10.1. The van der Waals surface area contributed by atoms with Gasteiger partial charge in [0.05, 0.1) is 12.2 Å². The minimum Gasteiger partial charge on any atom is -0.482 e. The summed E-state index contributed by atoms with van der Waals surface area (Å²) in [6.45, 7) is 2.39. The zero-order valence-corrected chi connectivity index (χ0v) is 15.1. The molecule has 140 valence electrons. The summed E-state index contributed by atoms with van der Waals surface area (Å²) in [5.74, 6) is 0.609. The molecule has 2 aromatic rings. The number of nitrogens with zero attached hydrogens (tertiary/aromatic N) is 1. The van der Waals surface area contributed by atoms with Crippen molar-refractivity contribution in [1.29, 1.82) is 0 Å². The van der Waals surface area contributed by atoms with E-state index < -0.39 is 0 Å². The van der Waals surface area contributed by atoms with Crippen molar-refractivity contribution in [3.05, 3.63) is 59.7 Å². The molecular weight excluding hydrogens is 342 g/mol. The number of carbonyl (C=O) groups excluding carboxylic acids is 2. The molecule has 4 rings (SSSR count). The molecular formula is C21H23N3O3. The van der Waals surface area contributed by atoms with E-state index in [0.717, 1.165) is 42.9 Å². The second-order valence-corrected chi connectivity index (χ2v) is 6.93. The Morgan fingerprint density at radius 2 is 1.85 bits per heavy atom. The van der Waals surface area contributed by atoms with Crippen LogP contribution in [0.3, 0.4) is 0 Å². The molecule has 0 spiro atoms. The number of amides is 2. The first-order valence-electron chi connectivity index (χ1n) is 9.33. The van der Waals surface area contributed by atoms with E-state index in [0.29, 0.717) is 12.1 Å². The highest BCUT2D eigenvalue weighted by molar-refractivity contribution is 5.98.